The van der Waals surface area contributed by atoms with Crippen molar-refractivity contribution in [2.24, 2.45) is 11.8 Å². The first-order valence-electron chi connectivity index (χ1n) is 7.27. The Morgan fingerprint density at radius 1 is 1.35 bits per heavy atom. The average molecular weight is 278 g/mol. The van der Waals surface area contributed by atoms with Crippen LogP contribution in [0.5, 0.6) is 0 Å². The molecule has 1 aromatic rings. The molecule has 2 atom stereocenters. The van der Waals surface area contributed by atoms with Crippen LogP contribution >= 0.6 is 0 Å². The number of nitrogens with one attached hydrogen (secondary N) is 1. The molecule has 3 rings (SSSR count). The van der Waals surface area contributed by atoms with Crippen LogP contribution in [0.1, 0.15) is 37.4 Å². The lowest BCUT2D eigenvalue weighted by Crippen LogP contribution is -2.47. The van der Waals surface area contributed by atoms with Crippen LogP contribution in [0.4, 0.5) is 0 Å². The minimum absolute atomic E-state index is 0.0245. The SMILES string of the molecule is NNC(c1ccncn1)C1CCOC2(CCOCC2)C1. The summed E-state index contributed by atoms with van der Waals surface area (Å²) >= 11 is 0. The zero-order valence-corrected chi connectivity index (χ0v) is 11.6. The zero-order valence-electron chi connectivity index (χ0n) is 11.6. The van der Waals surface area contributed by atoms with Gasteiger partial charge in [-0.15, -0.1) is 0 Å². The Morgan fingerprint density at radius 2 is 2.20 bits per heavy atom. The highest BCUT2D eigenvalue weighted by Crippen LogP contribution is 2.41. The molecule has 3 N–H and O–H groups in total. The lowest BCUT2D eigenvalue weighted by Gasteiger charge is -2.45. The first kappa shape index (κ1) is 13.9. The molecule has 1 aromatic heterocycles. The van der Waals surface area contributed by atoms with Crippen molar-refractivity contribution in [3.63, 3.8) is 0 Å². The molecule has 0 aromatic carbocycles. The summed E-state index contributed by atoms with van der Waals surface area (Å²) in [4.78, 5) is 8.31. The Hall–Kier alpha value is -1.08. The molecule has 0 aliphatic carbocycles. The summed E-state index contributed by atoms with van der Waals surface area (Å²) < 4.78 is 11.5. The van der Waals surface area contributed by atoms with E-state index in [-0.39, 0.29) is 11.6 Å². The van der Waals surface area contributed by atoms with Crippen molar-refractivity contribution in [1.82, 2.24) is 15.4 Å². The van der Waals surface area contributed by atoms with Crippen molar-refractivity contribution >= 4 is 0 Å². The standard InChI is InChI=1S/C14H22N4O2/c15-18-13(12-1-5-16-10-17-12)11-2-6-20-14(9-11)3-7-19-8-4-14/h1,5,10-11,13,18H,2-4,6-9,15H2. The third-order valence-electron chi connectivity index (χ3n) is 4.51. The number of nitrogens with two attached hydrogens (primary N) is 1. The maximum atomic E-state index is 6.09. The van der Waals surface area contributed by atoms with Gasteiger partial charge in [-0.2, -0.15) is 0 Å². The van der Waals surface area contributed by atoms with Crippen molar-refractivity contribution in [2.75, 3.05) is 19.8 Å². The smallest absolute Gasteiger partial charge is 0.115 e. The fourth-order valence-electron chi connectivity index (χ4n) is 3.39. The molecule has 110 valence electrons. The van der Waals surface area contributed by atoms with E-state index in [4.69, 9.17) is 15.3 Å². The Labute approximate surface area is 119 Å². The number of aromatic nitrogens is 2. The van der Waals surface area contributed by atoms with Gasteiger partial charge >= 0.3 is 0 Å². The first-order chi connectivity index (χ1) is 9.83. The van der Waals surface area contributed by atoms with E-state index in [0.29, 0.717) is 5.92 Å². The zero-order chi connectivity index (χ0) is 13.8. The summed E-state index contributed by atoms with van der Waals surface area (Å²) in [6.45, 7) is 2.37. The molecule has 0 amide bonds. The normalized spacial score (nSPS) is 27.4. The van der Waals surface area contributed by atoms with Gasteiger partial charge in [-0.05, 0) is 37.7 Å². The summed E-state index contributed by atoms with van der Waals surface area (Å²) in [5.41, 5.74) is 3.86. The lowest BCUT2D eigenvalue weighted by molar-refractivity contribution is -0.150. The summed E-state index contributed by atoms with van der Waals surface area (Å²) in [5, 5.41) is 0. The molecule has 1 spiro atoms. The predicted octanol–water partition coefficient (Wildman–Crippen LogP) is 0.957. The van der Waals surface area contributed by atoms with Crippen LogP contribution in [0.3, 0.4) is 0 Å². The van der Waals surface area contributed by atoms with Gasteiger partial charge in [0.15, 0.2) is 0 Å². The summed E-state index contributed by atoms with van der Waals surface area (Å²) in [5.74, 6) is 6.21. The molecule has 2 saturated heterocycles. The van der Waals surface area contributed by atoms with Crippen molar-refractivity contribution in [1.29, 1.82) is 0 Å². The molecule has 6 nitrogen and oxygen atoms in total. The maximum absolute atomic E-state index is 6.09. The van der Waals surface area contributed by atoms with Gasteiger partial charge in [0.1, 0.15) is 6.33 Å². The fourth-order valence-corrected chi connectivity index (χ4v) is 3.39. The first-order valence-corrected chi connectivity index (χ1v) is 7.27. The van der Waals surface area contributed by atoms with Crippen LogP contribution in [0, 0.1) is 5.92 Å². The van der Waals surface area contributed by atoms with Crippen molar-refractivity contribution in [3.8, 4) is 0 Å². The molecular weight excluding hydrogens is 256 g/mol. The Kier molecular flexibility index (Phi) is 4.26. The van der Waals surface area contributed by atoms with Gasteiger partial charge in [-0.1, -0.05) is 0 Å². The third kappa shape index (κ3) is 2.83. The van der Waals surface area contributed by atoms with Gasteiger partial charge in [0, 0.05) is 26.0 Å². The fraction of sp³-hybridized carbons (Fsp3) is 0.714. The topological polar surface area (TPSA) is 82.3 Å². The van der Waals surface area contributed by atoms with Crippen LogP contribution in [-0.4, -0.2) is 35.4 Å². The molecule has 2 fully saturated rings. The monoisotopic (exact) mass is 278 g/mol. The van der Waals surface area contributed by atoms with Crippen molar-refractivity contribution in [3.05, 3.63) is 24.3 Å². The van der Waals surface area contributed by atoms with Gasteiger partial charge in [-0.25, -0.2) is 9.97 Å². The number of hydrazine groups is 1. The predicted molar refractivity (Wildman–Crippen MR) is 73.6 cm³/mol. The number of rotatable bonds is 3. The van der Waals surface area contributed by atoms with Crippen molar-refractivity contribution in [2.45, 2.75) is 37.3 Å². The van der Waals surface area contributed by atoms with Gasteiger partial charge in [0.2, 0.25) is 0 Å². The van der Waals surface area contributed by atoms with Crippen LogP contribution in [0.25, 0.3) is 0 Å². The quantitative estimate of drug-likeness (QED) is 0.633. The average Bonchev–Trinajstić information content (AvgIpc) is 2.50. The van der Waals surface area contributed by atoms with Crippen LogP contribution in [0.15, 0.2) is 18.6 Å². The molecule has 0 radical (unpaired) electrons. The van der Waals surface area contributed by atoms with Gasteiger partial charge in [0.25, 0.3) is 0 Å². The highest BCUT2D eigenvalue weighted by Gasteiger charge is 2.41. The lowest BCUT2D eigenvalue weighted by atomic mass is 9.77. The number of nitrogens with zero attached hydrogens (tertiary/aromatic N) is 2. The molecule has 0 saturated carbocycles. The van der Waals surface area contributed by atoms with Gasteiger partial charge in [-0.3, -0.25) is 11.3 Å². The Balaban J connectivity index is 1.75. The van der Waals surface area contributed by atoms with Gasteiger partial charge < -0.3 is 9.47 Å². The number of hydrogen-bond acceptors (Lipinski definition) is 6. The molecule has 6 heteroatoms. The molecule has 20 heavy (non-hydrogen) atoms. The molecule has 3 heterocycles. The second kappa shape index (κ2) is 6.13. The second-order valence-electron chi connectivity index (χ2n) is 5.68. The summed E-state index contributed by atoms with van der Waals surface area (Å²) in [6, 6.07) is 1.98. The van der Waals surface area contributed by atoms with Gasteiger partial charge in [0.05, 0.1) is 17.3 Å². The third-order valence-corrected chi connectivity index (χ3v) is 4.51. The summed E-state index contributed by atoms with van der Waals surface area (Å²) in [6.07, 6.45) is 7.30. The minimum Gasteiger partial charge on any atom is -0.381 e. The van der Waals surface area contributed by atoms with E-state index in [2.05, 4.69) is 15.4 Å². The van der Waals surface area contributed by atoms with Crippen LogP contribution < -0.4 is 11.3 Å². The molecule has 0 bridgehead atoms. The van der Waals surface area contributed by atoms with E-state index in [1.54, 1.807) is 12.5 Å². The minimum atomic E-state index is -0.0245. The second-order valence-corrected chi connectivity index (χ2v) is 5.68. The van der Waals surface area contributed by atoms with E-state index < -0.39 is 0 Å². The van der Waals surface area contributed by atoms with E-state index in [1.807, 2.05) is 6.07 Å². The van der Waals surface area contributed by atoms with E-state index in [9.17, 15) is 0 Å². The Bertz CT molecular complexity index is 417. The van der Waals surface area contributed by atoms with Crippen LogP contribution in [0.2, 0.25) is 0 Å². The number of ether oxygens (including phenoxy) is 2. The highest BCUT2D eigenvalue weighted by molar-refractivity contribution is 5.07. The molecule has 2 aliphatic rings. The van der Waals surface area contributed by atoms with Crippen molar-refractivity contribution < 1.29 is 9.47 Å². The molecular formula is C14H22N4O2. The summed E-state index contributed by atoms with van der Waals surface area (Å²) in [7, 11) is 0. The molecule has 2 aliphatic heterocycles. The maximum Gasteiger partial charge on any atom is 0.115 e. The largest absolute Gasteiger partial charge is 0.381 e. The molecule has 2 unspecified atom stereocenters. The van der Waals surface area contributed by atoms with E-state index >= 15 is 0 Å². The van der Waals surface area contributed by atoms with Crippen LogP contribution in [-0.2, 0) is 9.47 Å². The van der Waals surface area contributed by atoms with E-state index in [1.165, 1.54) is 0 Å². The number of hydrogen-bond donors (Lipinski definition) is 2. The van der Waals surface area contributed by atoms with E-state index in [0.717, 1.165) is 51.2 Å². The highest BCUT2D eigenvalue weighted by atomic mass is 16.5. The Morgan fingerprint density at radius 3 is 2.90 bits per heavy atom.